The van der Waals surface area contributed by atoms with Crippen molar-refractivity contribution in [1.82, 2.24) is 0 Å². The Labute approximate surface area is 127 Å². The van der Waals surface area contributed by atoms with Crippen LogP contribution in [0.4, 0.5) is 5.69 Å². The molecule has 1 atom stereocenters. The standard InChI is InChI=1S/C16H16N2O4/c1-2-22-15(17)16(19,12-6-4-3-5-7-12)13-8-10-14(11-9-13)18(20)21/h3-11,17,19H,2H2,1H3. The van der Waals surface area contributed by atoms with Gasteiger partial charge < -0.3 is 9.84 Å². The van der Waals surface area contributed by atoms with Crippen molar-refractivity contribution in [3.63, 3.8) is 0 Å². The van der Waals surface area contributed by atoms with Gasteiger partial charge in [-0.2, -0.15) is 0 Å². The smallest absolute Gasteiger partial charge is 0.269 e. The second-order valence-electron chi connectivity index (χ2n) is 4.64. The number of nitrogens with one attached hydrogen (secondary N) is 1. The summed E-state index contributed by atoms with van der Waals surface area (Å²) in [5, 5.41) is 29.9. The fraction of sp³-hybridized carbons (Fsp3) is 0.188. The van der Waals surface area contributed by atoms with Crippen molar-refractivity contribution in [2.45, 2.75) is 12.5 Å². The van der Waals surface area contributed by atoms with Gasteiger partial charge in [-0.25, -0.2) is 0 Å². The van der Waals surface area contributed by atoms with Gasteiger partial charge in [0, 0.05) is 12.1 Å². The second-order valence-corrected chi connectivity index (χ2v) is 4.64. The SMILES string of the molecule is CCOC(=N)C(O)(c1ccccc1)c1ccc([N+](=O)[O-])cc1. The monoisotopic (exact) mass is 300 g/mol. The summed E-state index contributed by atoms with van der Waals surface area (Å²) in [6.45, 7) is 1.96. The van der Waals surface area contributed by atoms with Gasteiger partial charge in [0.05, 0.1) is 11.5 Å². The fourth-order valence-corrected chi connectivity index (χ4v) is 2.18. The maximum atomic E-state index is 11.1. The number of nitro benzene ring substituents is 1. The van der Waals surface area contributed by atoms with Gasteiger partial charge in [-0.3, -0.25) is 15.5 Å². The van der Waals surface area contributed by atoms with Gasteiger partial charge in [-0.1, -0.05) is 30.3 Å². The van der Waals surface area contributed by atoms with Crippen LogP contribution in [0.25, 0.3) is 0 Å². The minimum atomic E-state index is -1.79. The first-order valence-corrected chi connectivity index (χ1v) is 6.74. The third-order valence-electron chi connectivity index (χ3n) is 3.30. The number of ether oxygens (including phenoxy) is 1. The molecule has 22 heavy (non-hydrogen) atoms. The highest BCUT2D eigenvalue weighted by Crippen LogP contribution is 2.32. The molecule has 0 saturated heterocycles. The van der Waals surface area contributed by atoms with Crippen LogP contribution in [0.1, 0.15) is 18.1 Å². The predicted octanol–water partition coefficient (Wildman–Crippen LogP) is 2.84. The summed E-state index contributed by atoms with van der Waals surface area (Å²) in [5.41, 5.74) is -1.07. The first-order valence-electron chi connectivity index (χ1n) is 6.74. The molecule has 2 rings (SSSR count). The lowest BCUT2D eigenvalue weighted by atomic mass is 9.86. The summed E-state index contributed by atoms with van der Waals surface area (Å²) < 4.78 is 5.19. The van der Waals surface area contributed by atoms with E-state index in [1.54, 1.807) is 37.3 Å². The molecule has 0 radical (unpaired) electrons. The summed E-state index contributed by atoms with van der Waals surface area (Å²) >= 11 is 0. The number of rotatable bonds is 5. The van der Waals surface area contributed by atoms with Crippen molar-refractivity contribution in [2.24, 2.45) is 0 Å². The normalized spacial score (nSPS) is 13.2. The lowest BCUT2D eigenvalue weighted by Crippen LogP contribution is -2.38. The molecular formula is C16H16N2O4. The largest absolute Gasteiger partial charge is 0.479 e. The van der Waals surface area contributed by atoms with Crippen LogP contribution < -0.4 is 0 Å². The summed E-state index contributed by atoms with van der Waals surface area (Å²) in [7, 11) is 0. The molecule has 0 aliphatic heterocycles. The Morgan fingerprint density at radius 2 is 1.73 bits per heavy atom. The summed E-state index contributed by atoms with van der Waals surface area (Å²) in [6.07, 6.45) is 0. The number of nitrogens with zero attached hydrogens (tertiary/aromatic N) is 1. The number of benzene rings is 2. The first-order chi connectivity index (χ1) is 10.5. The van der Waals surface area contributed by atoms with Crippen LogP contribution in [-0.2, 0) is 10.3 Å². The van der Waals surface area contributed by atoms with Crippen molar-refractivity contribution in [3.05, 3.63) is 75.8 Å². The third-order valence-corrected chi connectivity index (χ3v) is 3.30. The Balaban J connectivity index is 2.53. The van der Waals surface area contributed by atoms with Crippen molar-refractivity contribution in [2.75, 3.05) is 6.61 Å². The number of hydrogen-bond acceptors (Lipinski definition) is 5. The molecule has 2 aromatic rings. The molecule has 0 aliphatic rings. The van der Waals surface area contributed by atoms with E-state index in [1.807, 2.05) is 0 Å². The Morgan fingerprint density at radius 1 is 1.18 bits per heavy atom. The fourth-order valence-electron chi connectivity index (χ4n) is 2.18. The molecule has 6 heteroatoms. The molecule has 2 aromatic carbocycles. The zero-order valence-electron chi connectivity index (χ0n) is 12.0. The molecule has 0 amide bonds. The van der Waals surface area contributed by atoms with Gasteiger partial charge in [-0.05, 0) is 30.2 Å². The van der Waals surface area contributed by atoms with E-state index in [0.717, 1.165) is 0 Å². The molecule has 0 heterocycles. The molecule has 1 unspecified atom stereocenters. The summed E-state index contributed by atoms with van der Waals surface area (Å²) in [5.74, 6) is -0.324. The van der Waals surface area contributed by atoms with Crippen LogP contribution >= 0.6 is 0 Å². The molecule has 114 valence electrons. The number of non-ortho nitro benzene ring substituents is 1. The van der Waals surface area contributed by atoms with Crippen LogP contribution in [0, 0.1) is 15.5 Å². The van der Waals surface area contributed by atoms with Crippen LogP contribution in [0.3, 0.4) is 0 Å². The Morgan fingerprint density at radius 3 is 2.23 bits per heavy atom. The highest BCUT2D eigenvalue weighted by atomic mass is 16.6. The highest BCUT2D eigenvalue weighted by molar-refractivity contribution is 5.87. The average Bonchev–Trinajstić information content (AvgIpc) is 2.55. The van der Waals surface area contributed by atoms with E-state index in [9.17, 15) is 15.2 Å². The first kappa shape index (κ1) is 15.7. The van der Waals surface area contributed by atoms with Gasteiger partial charge in [0.25, 0.3) is 5.69 Å². The molecule has 2 N–H and O–H groups in total. The van der Waals surface area contributed by atoms with E-state index in [1.165, 1.54) is 24.3 Å². The molecule has 0 fully saturated rings. The zero-order chi connectivity index (χ0) is 16.2. The summed E-state index contributed by atoms with van der Waals surface area (Å²) in [6, 6.07) is 14.1. The topological polar surface area (TPSA) is 96.5 Å². The Kier molecular flexibility index (Phi) is 4.53. The number of aliphatic hydroxyl groups is 1. The van der Waals surface area contributed by atoms with E-state index in [0.29, 0.717) is 11.1 Å². The van der Waals surface area contributed by atoms with Gasteiger partial charge >= 0.3 is 0 Å². The highest BCUT2D eigenvalue weighted by Gasteiger charge is 2.38. The van der Waals surface area contributed by atoms with Gasteiger partial charge in [0.1, 0.15) is 0 Å². The lowest BCUT2D eigenvalue weighted by molar-refractivity contribution is -0.384. The molecule has 0 bridgehead atoms. The van der Waals surface area contributed by atoms with Crippen molar-refractivity contribution >= 4 is 11.6 Å². The third kappa shape index (κ3) is 2.82. The van der Waals surface area contributed by atoms with Crippen molar-refractivity contribution in [3.8, 4) is 0 Å². The number of hydrogen-bond donors (Lipinski definition) is 2. The van der Waals surface area contributed by atoms with Gasteiger partial charge in [-0.15, -0.1) is 0 Å². The molecule has 0 spiro atoms. The van der Waals surface area contributed by atoms with E-state index in [-0.39, 0.29) is 18.2 Å². The predicted molar refractivity (Wildman–Crippen MR) is 81.9 cm³/mol. The Bertz CT molecular complexity index is 670. The van der Waals surface area contributed by atoms with Gasteiger partial charge in [0.2, 0.25) is 5.90 Å². The average molecular weight is 300 g/mol. The molecule has 0 aromatic heterocycles. The Hall–Kier alpha value is -2.73. The van der Waals surface area contributed by atoms with E-state index >= 15 is 0 Å². The molecule has 0 saturated carbocycles. The second kappa shape index (κ2) is 6.36. The van der Waals surface area contributed by atoms with Crippen LogP contribution in [-0.4, -0.2) is 22.5 Å². The zero-order valence-corrected chi connectivity index (χ0v) is 12.0. The summed E-state index contributed by atoms with van der Waals surface area (Å²) in [4.78, 5) is 10.2. The van der Waals surface area contributed by atoms with Crippen LogP contribution in [0.15, 0.2) is 54.6 Å². The number of nitro groups is 1. The van der Waals surface area contributed by atoms with E-state index in [4.69, 9.17) is 10.1 Å². The quantitative estimate of drug-likeness (QED) is 0.384. The van der Waals surface area contributed by atoms with Crippen molar-refractivity contribution < 1.29 is 14.8 Å². The molecule has 6 nitrogen and oxygen atoms in total. The van der Waals surface area contributed by atoms with Crippen LogP contribution in [0.5, 0.6) is 0 Å². The van der Waals surface area contributed by atoms with Gasteiger partial charge in [0.15, 0.2) is 5.60 Å². The minimum absolute atomic E-state index is 0.0814. The minimum Gasteiger partial charge on any atom is -0.479 e. The van der Waals surface area contributed by atoms with E-state index < -0.39 is 10.5 Å². The molecular weight excluding hydrogens is 284 g/mol. The molecule has 0 aliphatic carbocycles. The lowest BCUT2D eigenvalue weighted by Gasteiger charge is -2.29. The maximum Gasteiger partial charge on any atom is 0.269 e. The van der Waals surface area contributed by atoms with E-state index in [2.05, 4.69) is 0 Å². The van der Waals surface area contributed by atoms with Crippen molar-refractivity contribution in [1.29, 1.82) is 5.41 Å². The maximum absolute atomic E-state index is 11.1. The van der Waals surface area contributed by atoms with Crippen LogP contribution in [0.2, 0.25) is 0 Å².